The minimum atomic E-state index is -1.46. The zero-order valence-corrected chi connectivity index (χ0v) is 20.6. The van der Waals surface area contributed by atoms with Crippen LogP contribution >= 0.6 is 0 Å². The van der Waals surface area contributed by atoms with E-state index in [0.717, 1.165) is 0 Å². The van der Waals surface area contributed by atoms with Gasteiger partial charge in [-0.05, 0) is 74.5 Å². The van der Waals surface area contributed by atoms with Crippen LogP contribution in [0, 0.1) is 0 Å². The standard InChI is InChI=1S/C27H36O9/c1-4-34-16-10-7-13-19-20(14-8-11-17-35-5-2)23(26(30)31)24(27(32)33)21(22(19)25(28)29)15-9-12-18-36-6-3/h4-6H,1-3,7-18H2,(H,28,29)(H,30,31)(H,32,33). The molecule has 1 aromatic carbocycles. The highest BCUT2D eigenvalue weighted by Gasteiger charge is 2.32. The molecule has 0 bridgehead atoms. The van der Waals surface area contributed by atoms with E-state index in [0.29, 0.717) is 63.9 Å². The van der Waals surface area contributed by atoms with Crippen molar-refractivity contribution >= 4 is 17.9 Å². The predicted octanol–water partition coefficient (Wildman–Crippen LogP) is 5.23. The second-order valence-corrected chi connectivity index (χ2v) is 7.96. The summed E-state index contributed by atoms with van der Waals surface area (Å²) >= 11 is 0. The molecule has 0 radical (unpaired) electrons. The van der Waals surface area contributed by atoms with Crippen molar-refractivity contribution in [2.24, 2.45) is 0 Å². The van der Waals surface area contributed by atoms with Gasteiger partial charge in [-0.1, -0.05) is 19.7 Å². The molecular formula is C27H36O9. The molecule has 0 aliphatic rings. The Hall–Kier alpha value is -3.75. The fraction of sp³-hybridized carbons (Fsp3) is 0.444. The summed E-state index contributed by atoms with van der Waals surface area (Å²) in [6, 6.07) is 0. The van der Waals surface area contributed by atoms with Crippen LogP contribution < -0.4 is 0 Å². The Bertz CT molecular complexity index is 934. The van der Waals surface area contributed by atoms with Crippen LogP contribution in [0.4, 0.5) is 0 Å². The summed E-state index contributed by atoms with van der Waals surface area (Å²) in [5.41, 5.74) is -0.275. The number of hydrogen-bond donors (Lipinski definition) is 3. The fourth-order valence-electron chi connectivity index (χ4n) is 4.15. The minimum Gasteiger partial charge on any atom is -0.502 e. The van der Waals surface area contributed by atoms with Gasteiger partial charge in [0.25, 0.3) is 0 Å². The molecule has 0 aliphatic carbocycles. The number of carboxylic acid groups (broad SMARTS) is 3. The molecule has 0 atom stereocenters. The maximum absolute atomic E-state index is 12.5. The molecule has 0 saturated carbocycles. The first-order valence-corrected chi connectivity index (χ1v) is 11.9. The monoisotopic (exact) mass is 504 g/mol. The maximum Gasteiger partial charge on any atom is 0.336 e. The quantitative estimate of drug-likeness (QED) is 0.152. The normalized spacial score (nSPS) is 10.3. The van der Waals surface area contributed by atoms with Gasteiger partial charge in [-0.2, -0.15) is 0 Å². The van der Waals surface area contributed by atoms with Crippen LogP contribution in [-0.4, -0.2) is 53.0 Å². The van der Waals surface area contributed by atoms with E-state index < -0.39 is 23.5 Å². The van der Waals surface area contributed by atoms with Gasteiger partial charge in [0, 0.05) is 0 Å². The summed E-state index contributed by atoms with van der Waals surface area (Å²) in [6.45, 7) is 11.5. The molecular weight excluding hydrogens is 468 g/mol. The van der Waals surface area contributed by atoms with Crippen LogP contribution in [-0.2, 0) is 33.5 Å². The molecule has 0 fully saturated rings. The molecule has 1 aromatic rings. The SMILES string of the molecule is C=COCCCCc1c(CCCCOC=C)c(C(=O)O)c(C(=O)O)c(CCCCOC=C)c1C(=O)O. The number of aromatic carboxylic acids is 3. The Balaban J connectivity index is 3.64. The van der Waals surface area contributed by atoms with E-state index in [9.17, 15) is 29.7 Å². The van der Waals surface area contributed by atoms with Gasteiger partial charge in [0.2, 0.25) is 0 Å². The zero-order valence-electron chi connectivity index (χ0n) is 20.6. The molecule has 198 valence electrons. The molecule has 0 aliphatic heterocycles. The lowest BCUT2D eigenvalue weighted by Gasteiger charge is -2.22. The first-order chi connectivity index (χ1) is 17.3. The van der Waals surface area contributed by atoms with Crippen LogP contribution in [0.1, 0.15) is 86.3 Å². The molecule has 9 nitrogen and oxygen atoms in total. The fourth-order valence-corrected chi connectivity index (χ4v) is 4.15. The highest BCUT2D eigenvalue weighted by molar-refractivity contribution is 6.07. The third-order valence-corrected chi connectivity index (χ3v) is 5.63. The van der Waals surface area contributed by atoms with Gasteiger partial charge in [-0.25, -0.2) is 14.4 Å². The molecule has 0 saturated heterocycles. The van der Waals surface area contributed by atoms with Gasteiger partial charge >= 0.3 is 17.9 Å². The van der Waals surface area contributed by atoms with Crippen LogP contribution in [0.15, 0.2) is 38.5 Å². The van der Waals surface area contributed by atoms with E-state index in [2.05, 4.69) is 19.7 Å². The van der Waals surface area contributed by atoms with Gasteiger partial charge in [-0.15, -0.1) is 0 Å². The number of ether oxygens (including phenoxy) is 3. The van der Waals surface area contributed by atoms with E-state index in [1.165, 1.54) is 18.8 Å². The first kappa shape index (κ1) is 30.3. The van der Waals surface area contributed by atoms with Crippen molar-refractivity contribution in [3.05, 3.63) is 71.9 Å². The number of carbonyl (C=O) groups is 3. The molecule has 3 N–H and O–H groups in total. The van der Waals surface area contributed by atoms with Crippen LogP contribution in [0.25, 0.3) is 0 Å². The summed E-state index contributed by atoms with van der Waals surface area (Å²) in [5.74, 6) is -4.14. The van der Waals surface area contributed by atoms with Crippen molar-refractivity contribution in [2.45, 2.75) is 57.8 Å². The Labute approximate surface area is 211 Å². The summed E-state index contributed by atoms with van der Waals surface area (Å²) < 4.78 is 15.3. The van der Waals surface area contributed by atoms with Crippen LogP contribution in [0.3, 0.4) is 0 Å². The number of hydrogen-bond acceptors (Lipinski definition) is 6. The molecule has 1 rings (SSSR count). The van der Waals surface area contributed by atoms with E-state index in [-0.39, 0.29) is 41.5 Å². The van der Waals surface area contributed by atoms with Gasteiger partial charge in [-0.3, -0.25) is 0 Å². The van der Waals surface area contributed by atoms with Gasteiger partial charge < -0.3 is 29.5 Å². The van der Waals surface area contributed by atoms with Crippen molar-refractivity contribution in [2.75, 3.05) is 19.8 Å². The van der Waals surface area contributed by atoms with Crippen molar-refractivity contribution < 1.29 is 43.9 Å². The molecule has 0 spiro atoms. The summed E-state index contributed by atoms with van der Waals surface area (Å²) in [5, 5.41) is 30.3. The van der Waals surface area contributed by atoms with Crippen LogP contribution in [0.2, 0.25) is 0 Å². The lowest BCUT2D eigenvalue weighted by atomic mass is 9.81. The topological polar surface area (TPSA) is 140 Å². The van der Waals surface area contributed by atoms with E-state index in [4.69, 9.17) is 14.2 Å². The number of benzene rings is 1. The molecule has 0 heterocycles. The number of unbranched alkanes of at least 4 members (excludes halogenated alkanes) is 3. The largest absolute Gasteiger partial charge is 0.502 e. The summed E-state index contributed by atoms with van der Waals surface area (Å²) in [7, 11) is 0. The molecule has 0 amide bonds. The second kappa shape index (κ2) is 16.8. The smallest absolute Gasteiger partial charge is 0.336 e. The Kier molecular flexibility index (Phi) is 14.1. The second-order valence-electron chi connectivity index (χ2n) is 7.96. The highest BCUT2D eigenvalue weighted by Crippen LogP contribution is 2.33. The molecule has 0 unspecified atom stereocenters. The van der Waals surface area contributed by atoms with Crippen molar-refractivity contribution in [3.8, 4) is 0 Å². The summed E-state index contributed by atoms with van der Waals surface area (Å²) in [4.78, 5) is 37.2. The van der Waals surface area contributed by atoms with Crippen molar-refractivity contribution in [3.63, 3.8) is 0 Å². The van der Waals surface area contributed by atoms with Crippen molar-refractivity contribution in [1.29, 1.82) is 0 Å². The van der Waals surface area contributed by atoms with E-state index in [1.807, 2.05) is 0 Å². The van der Waals surface area contributed by atoms with Gasteiger partial charge in [0.05, 0.1) is 55.3 Å². The molecule has 36 heavy (non-hydrogen) atoms. The zero-order chi connectivity index (χ0) is 26.9. The predicted molar refractivity (Wildman–Crippen MR) is 135 cm³/mol. The average molecular weight is 505 g/mol. The van der Waals surface area contributed by atoms with E-state index >= 15 is 0 Å². The third-order valence-electron chi connectivity index (χ3n) is 5.63. The maximum atomic E-state index is 12.5. The Morgan fingerprint density at radius 1 is 0.528 bits per heavy atom. The average Bonchev–Trinajstić information content (AvgIpc) is 2.83. The Morgan fingerprint density at radius 3 is 1.17 bits per heavy atom. The Morgan fingerprint density at radius 2 is 0.833 bits per heavy atom. The van der Waals surface area contributed by atoms with Gasteiger partial charge in [0.1, 0.15) is 0 Å². The summed E-state index contributed by atoms with van der Waals surface area (Å²) in [6.07, 6.45) is 7.57. The van der Waals surface area contributed by atoms with Crippen LogP contribution in [0.5, 0.6) is 0 Å². The third kappa shape index (κ3) is 9.13. The van der Waals surface area contributed by atoms with E-state index in [1.54, 1.807) is 0 Å². The molecule has 9 heteroatoms. The highest BCUT2D eigenvalue weighted by atomic mass is 16.5. The number of carboxylic acids is 3. The first-order valence-electron chi connectivity index (χ1n) is 11.9. The molecule has 0 aromatic heterocycles. The minimum absolute atomic E-state index is 0.0297. The lowest BCUT2D eigenvalue weighted by Crippen LogP contribution is -2.22. The lowest BCUT2D eigenvalue weighted by molar-refractivity contribution is 0.0646. The van der Waals surface area contributed by atoms with Crippen molar-refractivity contribution in [1.82, 2.24) is 0 Å². The number of rotatable bonds is 21. The van der Waals surface area contributed by atoms with Gasteiger partial charge in [0.15, 0.2) is 0 Å².